The number of likely N-dealkylation sites (tertiary alicyclic amines) is 1. The summed E-state index contributed by atoms with van der Waals surface area (Å²) in [7, 11) is 0. The van der Waals surface area contributed by atoms with Crippen molar-refractivity contribution in [3.8, 4) is 0 Å². The van der Waals surface area contributed by atoms with Crippen molar-refractivity contribution in [2.24, 2.45) is 5.41 Å². The van der Waals surface area contributed by atoms with E-state index in [0.29, 0.717) is 26.1 Å². The van der Waals surface area contributed by atoms with Crippen LogP contribution in [0.15, 0.2) is 0 Å². The van der Waals surface area contributed by atoms with Crippen LogP contribution in [0.25, 0.3) is 0 Å². The van der Waals surface area contributed by atoms with Gasteiger partial charge >= 0.3 is 12.0 Å². The first kappa shape index (κ1) is 16.8. The first-order valence-corrected chi connectivity index (χ1v) is 7.23. The molecule has 6 heteroatoms. The van der Waals surface area contributed by atoms with E-state index in [9.17, 15) is 14.7 Å². The second-order valence-electron chi connectivity index (χ2n) is 6.28. The molecule has 1 heterocycles. The number of β-amino-alcohol motifs (C(OH)–C–C–N with tert-alkyl or cyclic N) is 1. The van der Waals surface area contributed by atoms with Gasteiger partial charge in [0.25, 0.3) is 0 Å². The fourth-order valence-electron chi connectivity index (χ4n) is 2.33. The van der Waals surface area contributed by atoms with Gasteiger partial charge in [-0.05, 0) is 31.1 Å². The second kappa shape index (κ2) is 7.47. The highest BCUT2D eigenvalue weighted by Crippen LogP contribution is 2.26. The number of nitrogens with zero attached hydrogens (tertiary/aromatic N) is 1. The van der Waals surface area contributed by atoms with E-state index in [4.69, 9.17) is 5.11 Å². The minimum absolute atomic E-state index is 0.104. The summed E-state index contributed by atoms with van der Waals surface area (Å²) in [6.07, 6.45) is 2.66. The Morgan fingerprint density at radius 2 is 2.05 bits per heavy atom. The van der Waals surface area contributed by atoms with E-state index in [2.05, 4.69) is 5.32 Å². The van der Waals surface area contributed by atoms with Gasteiger partial charge in [0.05, 0.1) is 6.10 Å². The van der Waals surface area contributed by atoms with Gasteiger partial charge in [-0.15, -0.1) is 0 Å². The standard InChI is InChI=1S/C14H26N2O4/c1-14(2,6-5-12(18)19)7-8-15-13(20)16-9-3-4-11(17)10-16/h11,17H,3-10H2,1-2H3,(H,15,20)(H,18,19). The topological polar surface area (TPSA) is 89.9 Å². The summed E-state index contributed by atoms with van der Waals surface area (Å²) in [5.41, 5.74) is -0.104. The number of aliphatic carboxylic acids is 1. The van der Waals surface area contributed by atoms with Crippen molar-refractivity contribution >= 4 is 12.0 Å². The Morgan fingerprint density at radius 3 is 2.65 bits per heavy atom. The number of hydrogen-bond acceptors (Lipinski definition) is 3. The Labute approximate surface area is 120 Å². The van der Waals surface area contributed by atoms with Crippen molar-refractivity contribution in [1.82, 2.24) is 10.2 Å². The van der Waals surface area contributed by atoms with Gasteiger partial charge in [0.2, 0.25) is 0 Å². The lowest BCUT2D eigenvalue weighted by molar-refractivity contribution is -0.137. The van der Waals surface area contributed by atoms with E-state index in [-0.39, 0.29) is 17.9 Å². The maximum Gasteiger partial charge on any atom is 0.317 e. The van der Waals surface area contributed by atoms with Gasteiger partial charge in [0.1, 0.15) is 0 Å². The zero-order valence-electron chi connectivity index (χ0n) is 12.4. The number of carbonyl (C=O) groups is 2. The van der Waals surface area contributed by atoms with Crippen molar-refractivity contribution in [2.45, 2.75) is 52.1 Å². The molecule has 1 unspecified atom stereocenters. The van der Waals surface area contributed by atoms with Crippen LogP contribution in [0.2, 0.25) is 0 Å². The molecule has 1 rings (SSSR count). The lowest BCUT2D eigenvalue weighted by atomic mass is 9.84. The van der Waals surface area contributed by atoms with Gasteiger partial charge in [-0.3, -0.25) is 4.79 Å². The van der Waals surface area contributed by atoms with Crippen LogP contribution in [0.4, 0.5) is 4.79 Å². The fourth-order valence-corrected chi connectivity index (χ4v) is 2.33. The molecule has 0 aromatic heterocycles. The Bertz CT molecular complexity index is 344. The highest BCUT2D eigenvalue weighted by Gasteiger charge is 2.23. The van der Waals surface area contributed by atoms with Crippen LogP contribution >= 0.6 is 0 Å². The maximum absolute atomic E-state index is 11.9. The van der Waals surface area contributed by atoms with Crippen molar-refractivity contribution in [3.63, 3.8) is 0 Å². The third kappa shape index (κ3) is 6.23. The molecule has 2 amide bonds. The summed E-state index contributed by atoms with van der Waals surface area (Å²) >= 11 is 0. The van der Waals surface area contributed by atoms with E-state index < -0.39 is 12.1 Å². The third-order valence-electron chi connectivity index (χ3n) is 3.78. The minimum atomic E-state index is -0.788. The first-order chi connectivity index (χ1) is 9.30. The van der Waals surface area contributed by atoms with Crippen LogP contribution in [0.3, 0.4) is 0 Å². The zero-order valence-corrected chi connectivity index (χ0v) is 12.4. The summed E-state index contributed by atoms with van der Waals surface area (Å²) in [4.78, 5) is 24.1. The summed E-state index contributed by atoms with van der Waals surface area (Å²) in [6.45, 7) is 5.62. The highest BCUT2D eigenvalue weighted by atomic mass is 16.4. The average Bonchev–Trinajstić information content (AvgIpc) is 2.36. The monoisotopic (exact) mass is 286 g/mol. The maximum atomic E-state index is 11.9. The number of carboxylic acid groups (broad SMARTS) is 1. The number of nitrogens with one attached hydrogen (secondary N) is 1. The van der Waals surface area contributed by atoms with Crippen LogP contribution in [0, 0.1) is 5.41 Å². The lowest BCUT2D eigenvalue weighted by Crippen LogP contribution is -2.47. The number of piperidine rings is 1. The predicted molar refractivity (Wildman–Crippen MR) is 75.5 cm³/mol. The molecule has 1 atom stereocenters. The smallest absolute Gasteiger partial charge is 0.317 e. The molecule has 1 aliphatic heterocycles. The number of amides is 2. The number of carboxylic acids is 1. The van der Waals surface area contributed by atoms with Crippen LogP contribution < -0.4 is 5.32 Å². The summed E-state index contributed by atoms with van der Waals surface area (Å²) in [6, 6.07) is -0.141. The predicted octanol–water partition coefficient (Wildman–Crippen LogP) is 1.43. The number of hydrogen-bond donors (Lipinski definition) is 3. The van der Waals surface area contributed by atoms with Crippen molar-refractivity contribution < 1.29 is 19.8 Å². The van der Waals surface area contributed by atoms with E-state index in [0.717, 1.165) is 19.3 Å². The molecule has 20 heavy (non-hydrogen) atoms. The summed E-state index contributed by atoms with van der Waals surface area (Å²) < 4.78 is 0. The fraction of sp³-hybridized carbons (Fsp3) is 0.857. The Morgan fingerprint density at radius 1 is 1.35 bits per heavy atom. The molecule has 0 radical (unpaired) electrons. The SMILES string of the molecule is CC(C)(CCNC(=O)N1CCCC(O)C1)CCC(=O)O. The van der Waals surface area contributed by atoms with Crippen LogP contribution in [-0.4, -0.2) is 52.9 Å². The molecule has 3 N–H and O–H groups in total. The van der Waals surface area contributed by atoms with Crippen LogP contribution in [0.5, 0.6) is 0 Å². The van der Waals surface area contributed by atoms with Gasteiger partial charge in [-0.2, -0.15) is 0 Å². The number of carbonyl (C=O) groups excluding carboxylic acids is 1. The number of rotatable bonds is 6. The normalized spacial score (nSPS) is 19.8. The molecule has 0 saturated carbocycles. The Kier molecular flexibility index (Phi) is 6.26. The molecule has 1 saturated heterocycles. The minimum Gasteiger partial charge on any atom is -0.481 e. The van der Waals surface area contributed by atoms with Crippen molar-refractivity contribution in [1.29, 1.82) is 0 Å². The lowest BCUT2D eigenvalue weighted by Gasteiger charge is -2.31. The van der Waals surface area contributed by atoms with Gasteiger partial charge in [0, 0.05) is 26.1 Å². The summed E-state index contributed by atoms with van der Waals surface area (Å²) in [5.74, 6) is -0.788. The van der Waals surface area contributed by atoms with Gasteiger partial charge < -0.3 is 20.4 Å². The Balaban J connectivity index is 2.25. The molecule has 0 aromatic rings. The van der Waals surface area contributed by atoms with E-state index in [1.165, 1.54) is 0 Å². The van der Waals surface area contributed by atoms with Gasteiger partial charge in [-0.25, -0.2) is 4.79 Å². The highest BCUT2D eigenvalue weighted by molar-refractivity contribution is 5.74. The van der Waals surface area contributed by atoms with Crippen molar-refractivity contribution in [2.75, 3.05) is 19.6 Å². The van der Waals surface area contributed by atoms with E-state index in [1.54, 1.807) is 4.90 Å². The van der Waals surface area contributed by atoms with Gasteiger partial charge in [-0.1, -0.05) is 13.8 Å². The van der Waals surface area contributed by atoms with Crippen LogP contribution in [-0.2, 0) is 4.79 Å². The number of urea groups is 1. The van der Waals surface area contributed by atoms with Crippen LogP contribution in [0.1, 0.15) is 46.0 Å². The average molecular weight is 286 g/mol. The largest absolute Gasteiger partial charge is 0.481 e. The quantitative estimate of drug-likeness (QED) is 0.689. The molecule has 0 spiro atoms. The molecule has 1 fully saturated rings. The van der Waals surface area contributed by atoms with Crippen molar-refractivity contribution in [3.05, 3.63) is 0 Å². The van der Waals surface area contributed by atoms with E-state index >= 15 is 0 Å². The molecule has 0 bridgehead atoms. The zero-order chi connectivity index (χ0) is 15.2. The number of aliphatic hydroxyl groups excluding tert-OH is 1. The molecular formula is C14H26N2O4. The number of aliphatic hydroxyl groups is 1. The third-order valence-corrected chi connectivity index (χ3v) is 3.78. The molecule has 1 aliphatic rings. The Hall–Kier alpha value is -1.30. The first-order valence-electron chi connectivity index (χ1n) is 7.23. The summed E-state index contributed by atoms with van der Waals surface area (Å²) in [5, 5.41) is 21.1. The molecule has 6 nitrogen and oxygen atoms in total. The second-order valence-corrected chi connectivity index (χ2v) is 6.28. The van der Waals surface area contributed by atoms with E-state index in [1.807, 2.05) is 13.8 Å². The molecular weight excluding hydrogens is 260 g/mol. The van der Waals surface area contributed by atoms with Gasteiger partial charge in [0.15, 0.2) is 0 Å². The molecule has 0 aliphatic carbocycles. The molecule has 116 valence electrons. The molecule has 0 aromatic carbocycles.